The van der Waals surface area contributed by atoms with Gasteiger partial charge in [0.2, 0.25) is 11.8 Å². The predicted molar refractivity (Wildman–Crippen MR) is 199 cm³/mol. The molecule has 2 N–H and O–H groups in total. The molecule has 1 atom stereocenters. The largest absolute Gasteiger partial charge is 0.482 e. The standard InChI is InChI=1S/C39H46N6O5/c1-27-20-28(2)22-33(21-27)44(39(49)43(7)32-17-13-14-30(23-32)29(3)41(4)5)25-38(48)45(24-37(47)42(6)31-15-9-8-10-16-31)34-18-11-12-19-35(34)50-26-36(40)46/h8-23,29H,24-26H2,1-7H3,(H2,40,46). The van der Waals surface area contributed by atoms with Crippen LogP contribution in [0.4, 0.5) is 27.5 Å². The Morgan fingerprint density at radius 2 is 1.26 bits per heavy atom. The Labute approximate surface area is 294 Å². The van der Waals surface area contributed by atoms with E-state index in [0.717, 1.165) is 16.7 Å². The molecular weight excluding hydrogens is 632 g/mol. The number of urea groups is 1. The number of anilines is 4. The van der Waals surface area contributed by atoms with Crippen molar-refractivity contribution < 1.29 is 23.9 Å². The number of primary amides is 1. The summed E-state index contributed by atoms with van der Waals surface area (Å²) in [6.45, 7) is 4.71. The highest BCUT2D eigenvalue weighted by molar-refractivity contribution is 6.11. The van der Waals surface area contributed by atoms with Gasteiger partial charge in [-0.25, -0.2) is 4.79 Å². The van der Waals surface area contributed by atoms with Crippen LogP contribution >= 0.6 is 0 Å². The van der Waals surface area contributed by atoms with Crippen molar-refractivity contribution in [2.75, 3.05) is 67.5 Å². The van der Waals surface area contributed by atoms with Crippen LogP contribution in [0.1, 0.15) is 29.7 Å². The molecule has 0 fully saturated rings. The number of benzene rings is 4. The van der Waals surface area contributed by atoms with Crippen LogP contribution < -0.4 is 30.1 Å². The molecule has 11 heteroatoms. The number of carbonyl (C=O) groups excluding carboxylic acids is 4. The van der Waals surface area contributed by atoms with Crippen LogP contribution in [0.15, 0.2) is 97.1 Å². The third kappa shape index (κ3) is 9.26. The normalized spacial score (nSPS) is 11.4. The van der Waals surface area contributed by atoms with Crippen LogP contribution in [0, 0.1) is 13.8 Å². The van der Waals surface area contributed by atoms with Crippen molar-refractivity contribution in [3.05, 3.63) is 114 Å². The van der Waals surface area contributed by atoms with Crippen molar-refractivity contribution in [1.82, 2.24) is 4.90 Å². The summed E-state index contributed by atoms with van der Waals surface area (Å²) in [5, 5.41) is 0. The Hall–Kier alpha value is -5.68. The van der Waals surface area contributed by atoms with Crippen LogP contribution in [0.25, 0.3) is 0 Å². The Kier molecular flexibility index (Phi) is 12.3. The van der Waals surface area contributed by atoms with Crippen molar-refractivity contribution in [2.24, 2.45) is 5.73 Å². The Bertz CT molecular complexity index is 1810. The average molecular weight is 679 g/mol. The summed E-state index contributed by atoms with van der Waals surface area (Å²) in [7, 11) is 7.28. The first kappa shape index (κ1) is 37.1. The molecule has 0 aromatic heterocycles. The first-order chi connectivity index (χ1) is 23.8. The number of nitrogens with zero attached hydrogens (tertiary/aromatic N) is 5. The number of amides is 5. The Balaban J connectivity index is 1.76. The van der Waals surface area contributed by atoms with Gasteiger partial charge in [0.25, 0.3) is 5.91 Å². The van der Waals surface area contributed by atoms with E-state index in [4.69, 9.17) is 10.5 Å². The third-order valence-corrected chi connectivity index (χ3v) is 8.48. The van der Waals surface area contributed by atoms with Gasteiger partial charge in [-0.15, -0.1) is 0 Å². The van der Waals surface area contributed by atoms with Gasteiger partial charge >= 0.3 is 6.03 Å². The van der Waals surface area contributed by atoms with Crippen LogP contribution in [0.5, 0.6) is 5.75 Å². The molecule has 1 unspecified atom stereocenters. The summed E-state index contributed by atoms with van der Waals surface area (Å²) in [5.41, 5.74) is 10.3. The topological polar surface area (TPSA) is 120 Å². The van der Waals surface area contributed by atoms with Gasteiger partial charge in [0.05, 0.1) is 5.69 Å². The molecule has 50 heavy (non-hydrogen) atoms. The monoisotopic (exact) mass is 678 g/mol. The SMILES string of the molecule is Cc1cc(C)cc(N(CC(=O)N(CC(=O)N(C)c2ccccc2)c2ccccc2OCC(N)=O)C(=O)N(C)c2cccc(C(C)N(C)C)c2)c1. The van der Waals surface area contributed by atoms with Gasteiger partial charge in [0.1, 0.15) is 18.8 Å². The maximum atomic E-state index is 14.6. The summed E-state index contributed by atoms with van der Waals surface area (Å²) >= 11 is 0. The van der Waals surface area contributed by atoms with Gasteiger partial charge in [-0.1, -0.05) is 48.5 Å². The molecule has 0 saturated carbocycles. The molecule has 0 heterocycles. The molecule has 0 saturated heterocycles. The van der Waals surface area contributed by atoms with Gasteiger partial charge in [-0.2, -0.15) is 0 Å². The lowest BCUT2D eigenvalue weighted by atomic mass is 10.1. The summed E-state index contributed by atoms with van der Waals surface area (Å²) in [5.74, 6) is -1.45. The fourth-order valence-electron chi connectivity index (χ4n) is 5.48. The van der Waals surface area contributed by atoms with E-state index in [1.165, 1.54) is 19.6 Å². The molecule has 4 aromatic carbocycles. The lowest BCUT2D eigenvalue weighted by Gasteiger charge is -2.32. The molecule has 0 radical (unpaired) electrons. The fourth-order valence-corrected chi connectivity index (χ4v) is 5.48. The minimum atomic E-state index is -0.698. The number of nitrogens with two attached hydrogens (primary N) is 1. The minimum Gasteiger partial charge on any atom is -0.482 e. The lowest BCUT2D eigenvalue weighted by molar-refractivity contribution is -0.121. The quantitative estimate of drug-likeness (QED) is 0.198. The van der Waals surface area contributed by atoms with Gasteiger partial charge in [-0.05, 0) is 100 Å². The van der Waals surface area contributed by atoms with Crippen molar-refractivity contribution >= 4 is 46.5 Å². The zero-order valence-corrected chi connectivity index (χ0v) is 29.8. The average Bonchev–Trinajstić information content (AvgIpc) is 3.10. The number of carbonyl (C=O) groups is 4. The zero-order valence-electron chi connectivity index (χ0n) is 29.8. The first-order valence-electron chi connectivity index (χ1n) is 16.3. The fraction of sp³-hybridized carbons (Fsp3) is 0.282. The minimum absolute atomic E-state index is 0.104. The van der Waals surface area contributed by atoms with E-state index in [1.54, 1.807) is 50.5 Å². The number of ether oxygens (including phenoxy) is 1. The molecule has 0 aliphatic carbocycles. The van der Waals surface area contributed by atoms with E-state index in [2.05, 4.69) is 11.8 Å². The molecule has 0 spiro atoms. The number of aryl methyl sites for hydroxylation is 2. The van der Waals surface area contributed by atoms with Crippen LogP contribution in [-0.4, -0.2) is 76.5 Å². The molecule has 0 aliphatic rings. The van der Waals surface area contributed by atoms with Gasteiger partial charge < -0.3 is 20.3 Å². The Morgan fingerprint density at radius 3 is 1.90 bits per heavy atom. The van der Waals surface area contributed by atoms with E-state index in [9.17, 15) is 19.2 Å². The van der Waals surface area contributed by atoms with E-state index < -0.39 is 31.0 Å². The molecule has 4 rings (SSSR count). The zero-order chi connectivity index (χ0) is 36.5. The molecule has 0 bridgehead atoms. The van der Waals surface area contributed by atoms with Crippen LogP contribution in [-0.2, 0) is 14.4 Å². The Morgan fingerprint density at radius 1 is 0.660 bits per heavy atom. The first-order valence-corrected chi connectivity index (χ1v) is 16.3. The molecule has 262 valence electrons. The van der Waals surface area contributed by atoms with E-state index in [-0.39, 0.29) is 29.9 Å². The van der Waals surface area contributed by atoms with Gasteiger partial charge in [-0.3, -0.25) is 29.1 Å². The molecular formula is C39H46N6O5. The summed E-state index contributed by atoms with van der Waals surface area (Å²) < 4.78 is 5.68. The second-order valence-electron chi connectivity index (χ2n) is 12.5. The predicted octanol–water partition coefficient (Wildman–Crippen LogP) is 5.55. The maximum Gasteiger partial charge on any atom is 0.329 e. The van der Waals surface area contributed by atoms with Crippen molar-refractivity contribution in [2.45, 2.75) is 26.8 Å². The third-order valence-electron chi connectivity index (χ3n) is 8.48. The molecule has 11 nitrogen and oxygen atoms in total. The van der Waals surface area contributed by atoms with Crippen LogP contribution in [0.3, 0.4) is 0 Å². The van der Waals surface area contributed by atoms with Crippen molar-refractivity contribution in [1.29, 1.82) is 0 Å². The summed E-state index contributed by atoms with van der Waals surface area (Å²) in [6.07, 6.45) is 0. The number of hydrogen-bond donors (Lipinski definition) is 1. The van der Waals surface area contributed by atoms with E-state index in [1.807, 2.05) is 88.6 Å². The smallest absolute Gasteiger partial charge is 0.329 e. The number of rotatable bonds is 13. The number of hydrogen-bond acceptors (Lipinski definition) is 6. The van der Waals surface area contributed by atoms with Crippen LogP contribution in [0.2, 0.25) is 0 Å². The van der Waals surface area contributed by atoms with Crippen molar-refractivity contribution in [3.8, 4) is 5.75 Å². The van der Waals surface area contributed by atoms with E-state index in [0.29, 0.717) is 17.1 Å². The second-order valence-corrected chi connectivity index (χ2v) is 12.5. The lowest BCUT2D eigenvalue weighted by Crippen LogP contribution is -2.50. The molecule has 4 aromatic rings. The number of para-hydroxylation sites is 3. The maximum absolute atomic E-state index is 14.6. The second kappa shape index (κ2) is 16.6. The highest BCUT2D eigenvalue weighted by atomic mass is 16.5. The molecule has 5 amide bonds. The summed E-state index contributed by atoms with van der Waals surface area (Å²) in [6, 6.07) is 28.7. The van der Waals surface area contributed by atoms with Gasteiger partial charge in [0.15, 0.2) is 6.61 Å². The highest BCUT2D eigenvalue weighted by Crippen LogP contribution is 2.30. The number of likely N-dealkylation sites (N-methyl/N-ethyl adjacent to an activating group) is 1. The van der Waals surface area contributed by atoms with Gasteiger partial charge in [0, 0.05) is 37.2 Å². The summed E-state index contributed by atoms with van der Waals surface area (Å²) in [4.78, 5) is 62.1. The van der Waals surface area contributed by atoms with E-state index >= 15 is 0 Å². The molecule has 0 aliphatic heterocycles. The van der Waals surface area contributed by atoms with Crippen molar-refractivity contribution in [3.63, 3.8) is 0 Å². The highest BCUT2D eigenvalue weighted by Gasteiger charge is 2.30.